The van der Waals surface area contributed by atoms with Crippen LogP contribution in [0.25, 0.3) is 0 Å². The molecule has 1 N–H and O–H groups in total. The summed E-state index contributed by atoms with van der Waals surface area (Å²) in [6.45, 7) is 10.6. The van der Waals surface area contributed by atoms with Gasteiger partial charge in [-0.25, -0.2) is 0 Å². The van der Waals surface area contributed by atoms with Crippen molar-refractivity contribution in [3.8, 4) is 0 Å². The molecule has 1 atom stereocenters. The SMILES string of the molecule is CCCC1CNCCN1CCOCC. The first kappa shape index (κ1) is 12.0. The monoisotopic (exact) mass is 200 g/mol. The molecule has 0 radical (unpaired) electrons. The lowest BCUT2D eigenvalue weighted by atomic mass is 10.1. The van der Waals surface area contributed by atoms with Gasteiger partial charge >= 0.3 is 0 Å². The number of ether oxygens (including phenoxy) is 1. The van der Waals surface area contributed by atoms with Gasteiger partial charge in [-0.2, -0.15) is 0 Å². The molecule has 0 aromatic heterocycles. The van der Waals surface area contributed by atoms with Crippen LogP contribution < -0.4 is 5.32 Å². The van der Waals surface area contributed by atoms with Gasteiger partial charge in [0.1, 0.15) is 0 Å². The Kier molecular flexibility index (Phi) is 6.15. The van der Waals surface area contributed by atoms with E-state index in [0.29, 0.717) is 0 Å². The second-order valence-electron chi connectivity index (χ2n) is 3.88. The summed E-state index contributed by atoms with van der Waals surface area (Å²) in [6, 6.07) is 0.731. The zero-order valence-corrected chi connectivity index (χ0v) is 9.59. The smallest absolute Gasteiger partial charge is 0.0593 e. The van der Waals surface area contributed by atoms with E-state index in [-0.39, 0.29) is 0 Å². The van der Waals surface area contributed by atoms with Crippen molar-refractivity contribution >= 4 is 0 Å². The molecule has 14 heavy (non-hydrogen) atoms. The standard InChI is InChI=1S/C11H24N2O/c1-3-5-11-10-12-6-7-13(11)8-9-14-4-2/h11-12H,3-10H2,1-2H3. The summed E-state index contributed by atoms with van der Waals surface area (Å²) in [6.07, 6.45) is 2.58. The molecule has 1 aliphatic heterocycles. The first-order valence-corrected chi connectivity index (χ1v) is 5.91. The normalized spacial score (nSPS) is 24.0. The van der Waals surface area contributed by atoms with E-state index >= 15 is 0 Å². The largest absolute Gasteiger partial charge is 0.380 e. The number of nitrogens with zero attached hydrogens (tertiary/aromatic N) is 1. The van der Waals surface area contributed by atoms with E-state index in [4.69, 9.17) is 4.74 Å². The molecule has 1 rings (SSSR count). The van der Waals surface area contributed by atoms with Crippen molar-refractivity contribution in [3.05, 3.63) is 0 Å². The summed E-state index contributed by atoms with van der Waals surface area (Å²) in [5.74, 6) is 0. The van der Waals surface area contributed by atoms with Crippen molar-refractivity contribution in [3.63, 3.8) is 0 Å². The number of rotatable bonds is 6. The summed E-state index contributed by atoms with van der Waals surface area (Å²) in [5.41, 5.74) is 0. The molecule has 1 fully saturated rings. The van der Waals surface area contributed by atoms with E-state index in [1.165, 1.54) is 19.4 Å². The van der Waals surface area contributed by atoms with Gasteiger partial charge in [-0.15, -0.1) is 0 Å². The third-order valence-electron chi connectivity index (χ3n) is 2.82. The number of nitrogens with one attached hydrogen (secondary N) is 1. The van der Waals surface area contributed by atoms with Crippen LogP contribution in [0.5, 0.6) is 0 Å². The highest BCUT2D eigenvalue weighted by Gasteiger charge is 2.20. The lowest BCUT2D eigenvalue weighted by molar-refractivity contribution is 0.0800. The molecular weight excluding hydrogens is 176 g/mol. The van der Waals surface area contributed by atoms with Crippen LogP contribution >= 0.6 is 0 Å². The summed E-state index contributed by atoms with van der Waals surface area (Å²) < 4.78 is 5.40. The molecule has 1 heterocycles. The lowest BCUT2D eigenvalue weighted by Gasteiger charge is -2.36. The summed E-state index contributed by atoms with van der Waals surface area (Å²) in [4.78, 5) is 2.57. The third-order valence-corrected chi connectivity index (χ3v) is 2.82. The highest BCUT2D eigenvalue weighted by molar-refractivity contribution is 4.79. The molecule has 84 valence electrons. The van der Waals surface area contributed by atoms with E-state index in [0.717, 1.165) is 38.9 Å². The van der Waals surface area contributed by atoms with Crippen LogP contribution in [0, 0.1) is 0 Å². The molecule has 3 heteroatoms. The highest BCUT2D eigenvalue weighted by atomic mass is 16.5. The maximum atomic E-state index is 5.40. The van der Waals surface area contributed by atoms with Gasteiger partial charge in [0, 0.05) is 38.8 Å². The van der Waals surface area contributed by atoms with Gasteiger partial charge in [-0.3, -0.25) is 4.90 Å². The quantitative estimate of drug-likeness (QED) is 0.650. The predicted octanol–water partition coefficient (Wildman–Crippen LogP) is 1.10. The Bertz CT molecular complexity index is 139. The van der Waals surface area contributed by atoms with E-state index in [1.54, 1.807) is 0 Å². The predicted molar refractivity (Wildman–Crippen MR) is 59.6 cm³/mol. The number of piperazine rings is 1. The summed E-state index contributed by atoms with van der Waals surface area (Å²) >= 11 is 0. The first-order valence-electron chi connectivity index (χ1n) is 5.91. The van der Waals surface area contributed by atoms with Crippen molar-refractivity contribution in [2.75, 3.05) is 39.4 Å². The second kappa shape index (κ2) is 7.21. The Hall–Kier alpha value is -0.120. The van der Waals surface area contributed by atoms with Crippen LogP contribution in [0.2, 0.25) is 0 Å². The van der Waals surface area contributed by atoms with Crippen molar-refractivity contribution in [2.45, 2.75) is 32.7 Å². The molecular formula is C11H24N2O. The molecule has 3 nitrogen and oxygen atoms in total. The van der Waals surface area contributed by atoms with Crippen molar-refractivity contribution in [1.82, 2.24) is 10.2 Å². The van der Waals surface area contributed by atoms with E-state index in [9.17, 15) is 0 Å². The van der Waals surface area contributed by atoms with Crippen molar-refractivity contribution < 1.29 is 4.74 Å². The van der Waals surface area contributed by atoms with Gasteiger partial charge in [-0.05, 0) is 13.3 Å². The van der Waals surface area contributed by atoms with E-state index in [2.05, 4.69) is 24.1 Å². The van der Waals surface area contributed by atoms with Gasteiger partial charge in [0.2, 0.25) is 0 Å². The maximum Gasteiger partial charge on any atom is 0.0593 e. The molecule has 0 spiro atoms. The zero-order valence-electron chi connectivity index (χ0n) is 9.59. The van der Waals surface area contributed by atoms with Crippen LogP contribution in [0.3, 0.4) is 0 Å². The van der Waals surface area contributed by atoms with Gasteiger partial charge in [0.05, 0.1) is 6.61 Å². The highest BCUT2D eigenvalue weighted by Crippen LogP contribution is 2.08. The van der Waals surface area contributed by atoms with Crippen LogP contribution in [-0.4, -0.2) is 50.3 Å². The molecule has 0 bridgehead atoms. The van der Waals surface area contributed by atoms with Crippen LogP contribution in [0.1, 0.15) is 26.7 Å². The third kappa shape index (κ3) is 3.95. The molecule has 1 saturated heterocycles. The average molecular weight is 200 g/mol. The summed E-state index contributed by atoms with van der Waals surface area (Å²) in [5, 5.41) is 3.46. The number of hydrogen-bond acceptors (Lipinski definition) is 3. The van der Waals surface area contributed by atoms with Gasteiger partial charge in [0.15, 0.2) is 0 Å². The van der Waals surface area contributed by atoms with Crippen LogP contribution in [-0.2, 0) is 4.74 Å². The maximum absolute atomic E-state index is 5.40. The zero-order chi connectivity index (χ0) is 10.2. The minimum Gasteiger partial charge on any atom is -0.380 e. The minimum absolute atomic E-state index is 0.731. The van der Waals surface area contributed by atoms with E-state index < -0.39 is 0 Å². The van der Waals surface area contributed by atoms with Crippen molar-refractivity contribution in [2.24, 2.45) is 0 Å². The molecule has 0 aromatic rings. The Morgan fingerprint density at radius 1 is 1.43 bits per heavy atom. The Morgan fingerprint density at radius 3 is 3.00 bits per heavy atom. The molecule has 1 aliphatic rings. The Morgan fingerprint density at radius 2 is 2.29 bits per heavy atom. The Labute approximate surface area is 87.8 Å². The van der Waals surface area contributed by atoms with Crippen molar-refractivity contribution in [1.29, 1.82) is 0 Å². The van der Waals surface area contributed by atoms with Gasteiger partial charge in [0.25, 0.3) is 0 Å². The lowest BCUT2D eigenvalue weighted by Crippen LogP contribution is -2.52. The second-order valence-corrected chi connectivity index (χ2v) is 3.88. The fourth-order valence-corrected chi connectivity index (χ4v) is 2.04. The summed E-state index contributed by atoms with van der Waals surface area (Å²) in [7, 11) is 0. The first-order chi connectivity index (χ1) is 6.88. The topological polar surface area (TPSA) is 24.5 Å². The molecule has 1 unspecified atom stereocenters. The minimum atomic E-state index is 0.731. The fourth-order valence-electron chi connectivity index (χ4n) is 2.04. The fraction of sp³-hybridized carbons (Fsp3) is 1.00. The average Bonchev–Trinajstić information content (AvgIpc) is 2.21. The molecule has 0 aromatic carbocycles. The van der Waals surface area contributed by atoms with Crippen LogP contribution in [0.4, 0.5) is 0 Å². The molecule has 0 amide bonds. The van der Waals surface area contributed by atoms with Crippen LogP contribution in [0.15, 0.2) is 0 Å². The molecule has 0 saturated carbocycles. The van der Waals surface area contributed by atoms with E-state index in [1.807, 2.05) is 0 Å². The molecule has 0 aliphatic carbocycles. The Balaban J connectivity index is 2.22. The van der Waals surface area contributed by atoms with Gasteiger partial charge < -0.3 is 10.1 Å². The van der Waals surface area contributed by atoms with Gasteiger partial charge in [-0.1, -0.05) is 13.3 Å². The number of hydrogen-bond donors (Lipinski definition) is 1.